The van der Waals surface area contributed by atoms with Gasteiger partial charge in [0, 0.05) is 51.2 Å². The predicted octanol–water partition coefficient (Wildman–Crippen LogP) is 16.0. The summed E-state index contributed by atoms with van der Waals surface area (Å²) in [7, 11) is 0. The minimum absolute atomic E-state index is 0. The summed E-state index contributed by atoms with van der Waals surface area (Å²) < 4.78 is 109. The van der Waals surface area contributed by atoms with E-state index >= 15 is 0 Å². The Kier molecular flexibility index (Phi) is 9.33. The maximum Gasteiger partial charge on any atom is 0.268 e. The van der Waals surface area contributed by atoms with Crippen LogP contribution < -0.4 is 9.30 Å². The summed E-state index contributed by atoms with van der Waals surface area (Å²) in [6.45, 7) is 6.06. The number of imidazole rings is 1. The van der Waals surface area contributed by atoms with E-state index in [9.17, 15) is 1.37 Å². The number of nitrogens with zero attached hydrogens (tertiary/aromatic N) is 4. The smallest absolute Gasteiger partial charge is 0.268 e. The van der Waals surface area contributed by atoms with Gasteiger partial charge in [-0.1, -0.05) is 202 Å². The fourth-order valence-electron chi connectivity index (χ4n) is 9.19. The van der Waals surface area contributed by atoms with E-state index in [2.05, 4.69) is 67.2 Å². The van der Waals surface area contributed by atoms with Gasteiger partial charge >= 0.3 is 0 Å². The molecular weight excluding hydrogens is 1050 g/mol. The molecule has 3 heterocycles. The second kappa shape index (κ2) is 19.4. The molecule has 12 rings (SSSR count). The molecule has 6 heteroatoms. The molecule has 0 N–H and O–H groups in total. The van der Waals surface area contributed by atoms with E-state index in [-0.39, 0.29) is 54.9 Å². The minimum atomic E-state index is -0.983. The van der Waals surface area contributed by atoms with Crippen molar-refractivity contribution < 1.29 is 45.4 Å². The topological polar surface area (TPSA) is 35.9 Å². The Morgan fingerprint density at radius 1 is 0.563 bits per heavy atom. The minimum Gasteiger partial charge on any atom is -0.510 e. The number of fused-ring (bicyclic) bond motifs is 4. The van der Waals surface area contributed by atoms with Gasteiger partial charge in [0.05, 0.1) is 30.4 Å². The van der Waals surface area contributed by atoms with Gasteiger partial charge in [0.2, 0.25) is 0 Å². The Labute approximate surface area is 444 Å². The molecular formula is C65H48N4OPt-2. The molecule has 346 valence electrons. The van der Waals surface area contributed by atoms with Crippen LogP contribution in [-0.2, 0) is 21.1 Å². The first kappa shape index (κ1) is 34.2. The summed E-state index contributed by atoms with van der Waals surface area (Å²) in [5, 5.41) is 1.88. The molecule has 9 aromatic carbocycles. The third-order valence-corrected chi connectivity index (χ3v) is 12.8. The molecule has 0 saturated carbocycles. The average Bonchev–Trinajstić information content (AvgIpc) is 4.09. The molecule has 0 aliphatic rings. The van der Waals surface area contributed by atoms with Crippen LogP contribution in [0.2, 0.25) is 0 Å². The van der Waals surface area contributed by atoms with Crippen molar-refractivity contribution in [3.05, 3.63) is 248 Å². The fourth-order valence-corrected chi connectivity index (χ4v) is 9.19. The van der Waals surface area contributed by atoms with E-state index in [1.54, 1.807) is 51.6 Å². The third kappa shape index (κ3) is 8.47. The summed E-state index contributed by atoms with van der Waals surface area (Å²) >= 11 is 0. The Hall–Kier alpha value is -8.11. The van der Waals surface area contributed by atoms with Gasteiger partial charge in [-0.2, -0.15) is 18.2 Å². The molecule has 0 saturated heterocycles. The number of hydrogen-bond donors (Lipinski definition) is 0. The van der Waals surface area contributed by atoms with E-state index in [1.165, 1.54) is 0 Å². The maximum absolute atomic E-state index is 9.74. The van der Waals surface area contributed by atoms with Crippen LogP contribution in [0.4, 0.5) is 0 Å². The van der Waals surface area contributed by atoms with Gasteiger partial charge in [-0.25, -0.2) is 4.98 Å². The molecule has 0 radical (unpaired) electrons. The van der Waals surface area contributed by atoms with Crippen LogP contribution in [-0.4, -0.2) is 14.1 Å². The van der Waals surface area contributed by atoms with E-state index in [0.717, 1.165) is 44.1 Å². The normalized spacial score (nSPS) is 14.5. The zero-order valence-electron chi connectivity index (χ0n) is 49.7. The largest absolute Gasteiger partial charge is 0.510 e. The van der Waals surface area contributed by atoms with Gasteiger partial charge in [0.15, 0.2) is 0 Å². The summed E-state index contributed by atoms with van der Waals surface area (Å²) in [5.41, 5.74) is 8.07. The molecule has 71 heavy (non-hydrogen) atoms. The molecule has 0 bridgehead atoms. The van der Waals surface area contributed by atoms with E-state index in [0.29, 0.717) is 39.6 Å². The number of para-hydroxylation sites is 3. The molecule has 0 spiro atoms. The summed E-state index contributed by atoms with van der Waals surface area (Å²) in [4.78, 5) is 5.12. The van der Waals surface area contributed by atoms with Crippen molar-refractivity contribution in [1.29, 1.82) is 0 Å². The van der Waals surface area contributed by atoms with Crippen molar-refractivity contribution >= 4 is 32.8 Å². The number of benzene rings is 9. The first-order valence-corrected chi connectivity index (χ1v) is 23.0. The van der Waals surface area contributed by atoms with Crippen molar-refractivity contribution in [1.82, 2.24) is 14.1 Å². The van der Waals surface area contributed by atoms with E-state index in [4.69, 9.17) is 23.4 Å². The van der Waals surface area contributed by atoms with E-state index < -0.39 is 66.3 Å². The average molecular weight is 1110 g/mol. The van der Waals surface area contributed by atoms with Gasteiger partial charge in [-0.15, -0.1) is 29.7 Å². The second-order valence-corrected chi connectivity index (χ2v) is 17.3. The quantitative estimate of drug-likeness (QED) is 0.0956. The molecule has 0 fully saturated rings. The predicted molar refractivity (Wildman–Crippen MR) is 285 cm³/mol. The Balaban J connectivity index is 0.00000705. The van der Waals surface area contributed by atoms with Gasteiger partial charge in [0.25, 0.3) is 6.33 Å². The molecule has 3 aromatic heterocycles. The SMILES string of the molecule is [2H]c1c([2H])c([2H])c(-c2cccc(-c3c([2H])c([2H])c([2H])c([2H])c3[2H])c2-[n+]2[c-]n(-c3[c-]c(Oc4[c-]c5c(cc4)c4cc(-c6ccccc6)ccc4n5-c4cc(C([2H])(C)C(C)C)c(-c5ccccc5)cn4)ccc3)c3ccccc32)c([2H])c1[2H].[Pt]. The Bertz CT molecular complexity index is 4380. The molecule has 5 nitrogen and oxygen atoms in total. The zero-order chi connectivity index (χ0) is 56.8. The number of ether oxygens (including phenoxy) is 1. The van der Waals surface area contributed by atoms with Crippen LogP contribution in [0.3, 0.4) is 0 Å². The van der Waals surface area contributed by atoms with Crippen LogP contribution in [0.5, 0.6) is 11.5 Å². The molecule has 0 aliphatic heterocycles. The number of pyridine rings is 1. The third-order valence-electron chi connectivity index (χ3n) is 12.8. The van der Waals surface area contributed by atoms with Gasteiger partial charge in [-0.05, 0) is 79.5 Å². The monoisotopic (exact) mass is 1110 g/mol. The maximum atomic E-state index is 9.74. The van der Waals surface area contributed by atoms with Crippen molar-refractivity contribution in [2.45, 2.75) is 26.7 Å². The van der Waals surface area contributed by atoms with Gasteiger partial charge < -0.3 is 13.9 Å². The Morgan fingerprint density at radius 2 is 1.21 bits per heavy atom. The summed E-state index contributed by atoms with van der Waals surface area (Å²) in [6.07, 6.45) is 5.28. The summed E-state index contributed by atoms with van der Waals surface area (Å²) in [5.74, 6) is 0.301. The standard InChI is InChI=1S/C65H48N4O.Pt/c1-44(2)45(3)57-41-64(66-42-59(57)49-26-14-7-15-27-49)69-60-37-34-50(46-20-8-4-9-21-46)38-58(60)56-36-35-53(40-63(56)69)70-52-29-18-28-51(39-52)67-43-68(62-33-17-16-32-61(62)67)65-54(47-22-10-5-11-23-47)30-19-31-55(65)48-24-12-6-13-25-48;/h4-38,41-42,44-45H,1-3H3;/q-2;/i5D,6D,10D,11D,12D,13D,22D,23D,24D,25D,45D;. The fraction of sp³-hybridized carbons (Fsp3) is 0.0769. The number of hydrogen-bond acceptors (Lipinski definition) is 2. The number of rotatable bonds is 11. The van der Waals surface area contributed by atoms with Crippen LogP contribution in [0.1, 0.15) is 47.3 Å². The molecule has 12 aromatic rings. The van der Waals surface area contributed by atoms with Crippen LogP contribution in [0, 0.1) is 24.4 Å². The number of aromatic nitrogens is 4. The first-order valence-electron chi connectivity index (χ1n) is 28.5. The second-order valence-electron chi connectivity index (χ2n) is 17.3. The molecule has 1 atom stereocenters. The van der Waals surface area contributed by atoms with Crippen molar-refractivity contribution in [3.8, 4) is 73.2 Å². The van der Waals surface area contributed by atoms with Crippen molar-refractivity contribution in [2.24, 2.45) is 5.92 Å². The van der Waals surface area contributed by atoms with Crippen molar-refractivity contribution in [3.63, 3.8) is 0 Å². The van der Waals surface area contributed by atoms with Crippen LogP contribution in [0.25, 0.3) is 94.5 Å². The zero-order valence-corrected chi connectivity index (χ0v) is 41.0. The van der Waals surface area contributed by atoms with E-state index in [1.807, 2.05) is 98.0 Å². The summed E-state index contributed by atoms with van der Waals surface area (Å²) in [6, 6.07) is 51.5. The van der Waals surface area contributed by atoms with Gasteiger partial charge in [0.1, 0.15) is 5.82 Å². The Morgan fingerprint density at radius 3 is 1.92 bits per heavy atom. The first-order chi connectivity index (χ1) is 38.9. The molecule has 1 unspecified atom stereocenters. The van der Waals surface area contributed by atoms with Gasteiger partial charge in [-0.3, -0.25) is 4.57 Å². The molecule has 0 amide bonds. The molecule has 0 aliphatic carbocycles. The van der Waals surface area contributed by atoms with Crippen LogP contribution >= 0.6 is 0 Å². The van der Waals surface area contributed by atoms with Crippen molar-refractivity contribution in [2.75, 3.05) is 0 Å². The van der Waals surface area contributed by atoms with Crippen LogP contribution in [0.15, 0.2) is 224 Å².